The topological polar surface area (TPSA) is 49.4 Å². The van der Waals surface area contributed by atoms with Crippen molar-refractivity contribution in [1.82, 2.24) is 10.2 Å². The third kappa shape index (κ3) is 3.08. The lowest BCUT2D eigenvalue weighted by atomic mass is 10.0. The normalized spacial score (nSPS) is 23.4. The Hall–Kier alpha value is -1.11. The van der Waals surface area contributed by atoms with Gasteiger partial charge in [0.2, 0.25) is 11.8 Å². The lowest BCUT2D eigenvalue weighted by Gasteiger charge is -2.37. The van der Waals surface area contributed by atoms with E-state index in [1.807, 2.05) is 31.2 Å². The van der Waals surface area contributed by atoms with E-state index in [-0.39, 0.29) is 17.9 Å². The molecule has 0 aromatic heterocycles. The molecule has 4 nitrogen and oxygen atoms in total. The number of nitrogens with zero attached hydrogens (tertiary/aromatic N) is 1. The second kappa shape index (κ2) is 5.90. The fourth-order valence-electron chi connectivity index (χ4n) is 2.30. The summed E-state index contributed by atoms with van der Waals surface area (Å²) in [4.78, 5) is 25.8. The summed E-state index contributed by atoms with van der Waals surface area (Å²) in [6.45, 7) is 4.15. The molecular weight excluding hydrogens is 355 g/mol. The van der Waals surface area contributed by atoms with Crippen LogP contribution in [-0.2, 0) is 16.1 Å². The Morgan fingerprint density at radius 2 is 1.89 bits per heavy atom. The first-order valence-electron chi connectivity index (χ1n) is 6.38. The SMILES string of the molecule is CCC1C(=O)NC(C)C(=O)N1Cc1ccc(I)cc1. The van der Waals surface area contributed by atoms with Gasteiger partial charge in [-0.2, -0.15) is 0 Å². The van der Waals surface area contributed by atoms with Crippen LogP contribution in [0.5, 0.6) is 0 Å². The Morgan fingerprint density at radius 3 is 2.47 bits per heavy atom. The van der Waals surface area contributed by atoms with Crippen molar-refractivity contribution in [2.75, 3.05) is 0 Å². The van der Waals surface area contributed by atoms with E-state index in [0.29, 0.717) is 13.0 Å². The number of carbonyl (C=O) groups excluding carboxylic acids is 2. The summed E-state index contributed by atoms with van der Waals surface area (Å²) in [5, 5.41) is 2.72. The summed E-state index contributed by atoms with van der Waals surface area (Å²) in [6.07, 6.45) is 0.634. The second-order valence-electron chi connectivity index (χ2n) is 4.75. The lowest BCUT2D eigenvalue weighted by Crippen LogP contribution is -2.61. The summed E-state index contributed by atoms with van der Waals surface area (Å²) in [5.74, 6) is -0.0647. The average Bonchev–Trinajstić information content (AvgIpc) is 2.38. The minimum atomic E-state index is -0.431. The van der Waals surface area contributed by atoms with Gasteiger partial charge in [-0.25, -0.2) is 0 Å². The Balaban J connectivity index is 2.21. The number of amides is 2. The molecule has 19 heavy (non-hydrogen) atoms. The zero-order valence-corrected chi connectivity index (χ0v) is 13.2. The number of hydrogen-bond acceptors (Lipinski definition) is 2. The molecule has 2 unspecified atom stereocenters. The molecule has 1 N–H and O–H groups in total. The summed E-state index contributed by atoms with van der Waals surface area (Å²) >= 11 is 2.24. The molecule has 0 saturated carbocycles. The largest absolute Gasteiger partial charge is 0.343 e. The highest BCUT2D eigenvalue weighted by Gasteiger charge is 2.37. The molecule has 2 amide bonds. The van der Waals surface area contributed by atoms with Gasteiger partial charge in [-0.1, -0.05) is 19.1 Å². The van der Waals surface area contributed by atoms with Gasteiger partial charge in [0.25, 0.3) is 0 Å². The molecule has 1 aromatic carbocycles. The van der Waals surface area contributed by atoms with E-state index in [2.05, 4.69) is 27.9 Å². The van der Waals surface area contributed by atoms with Gasteiger partial charge in [0.1, 0.15) is 12.1 Å². The van der Waals surface area contributed by atoms with Crippen molar-refractivity contribution < 1.29 is 9.59 Å². The van der Waals surface area contributed by atoms with Crippen LogP contribution in [0.3, 0.4) is 0 Å². The van der Waals surface area contributed by atoms with Crippen molar-refractivity contribution in [3.05, 3.63) is 33.4 Å². The highest BCUT2D eigenvalue weighted by Crippen LogP contribution is 2.17. The van der Waals surface area contributed by atoms with Gasteiger partial charge in [-0.05, 0) is 53.6 Å². The average molecular weight is 372 g/mol. The van der Waals surface area contributed by atoms with Gasteiger partial charge in [0.15, 0.2) is 0 Å². The number of halogens is 1. The van der Waals surface area contributed by atoms with Crippen molar-refractivity contribution in [3.63, 3.8) is 0 Å². The number of piperazine rings is 1. The first-order valence-corrected chi connectivity index (χ1v) is 7.46. The first-order chi connectivity index (χ1) is 9.02. The van der Waals surface area contributed by atoms with Gasteiger partial charge in [-0.3, -0.25) is 9.59 Å². The molecule has 2 rings (SSSR count). The van der Waals surface area contributed by atoms with Crippen molar-refractivity contribution in [2.24, 2.45) is 0 Å². The Kier molecular flexibility index (Phi) is 4.44. The predicted molar refractivity (Wildman–Crippen MR) is 81.4 cm³/mol. The smallest absolute Gasteiger partial charge is 0.245 e. The molecule has 0 bridgehead atoms. The van der Waals surface area contributed by atoms with E-state index in [1.54, 1.807) is 11.8 Å². The molecule has 2 atom stereocenters. The molecule has 102 valence electrons. The maximum atomic E-state index is 12.2. The van der Waals surface area contributed by atoms with Crippen LogP contribution < -0.4 is 5.32 Å². The number of rotatable bonds is 3. The molecule has 0 radical (unpaired) electrons. The molecule has 1 aliphatic heterocycles. The molecule has 1 aromatic rings. The fraction of sp³-hybridized carbons (Fsp3) is 0.429. The van der Waals surface area contributed by atoms with E-state index in [4.69, 9.17) is 0 Å². The lowest BCUT2D eigenvalue weighted by molar-refractivity contribution is -0.149. The third-order valence-electron chi connectivity index (χ3n) is 3.34. The molecule has 5 heteroatoms. The van der Waals surface area contributed by atoms with E-state index >= 15 is 0 Å². The summed E-state index contributed by atoms with van der Waals surface area (Å²) in [5.41, 5.74) is 1.05. The van der Waals surface area contributed by atoms with Crippen LogP contribution in [0.2, 0.25) is 0 Å². The van der Waals surface area contributed by atoms with Gasteiger partial charge < -0.3 is 10.2 Å². The number of hydrogen-bond donors (Lipinski definition) is 1. The van der Waals surface area contributed by atoms with Crippen LogP contribution in [0.15, 0.2) is 24.3 Å². The third-order valence-corrected chi connectivity index (χ3v) is 4.06. The second-order valence-corrected chi connectivity index (χ2v) is 5.99. The Labute approximate surface area is 126 Å². The molecule has 1 fully saturated rings. The van der Waals surface area contributed by atoms with Crippen LogP contribution >= 0.6 is 22.6 Å². The van der Waals surface area contributed by atoms with Crippen molar-refractivity contribution in [1.29, 1.82) is 0 Å². The van der Waals surface area contributed by atoms with Gasteiger partial charge in [0, 0.05) is 10.1 Å². The molecule has 0 spiro atoms. The van der Waals surface area contributed by atoms with Crippen LogP contribution in [0.4, 0.5) is 0 Å². The highest BCUT2D eigenvalue weighted by molar-refractivity contribution is 14.1. The van der Waals surface area contributed by atoms with E-state index in [0.717, 1.165) is 9.13 Å². The van der Waals surface area contributed by atoms with Crippen LogP contribution in [0, 0.1) is 3.57 Å². The quantitative estimate of drug-likeness (QED) is 0.825. The fourth-order valence-corrected chi connectivity index (χ4v) is 2.66. The van der Waals surface area contributed by atoms with E-state index in [9.17, 15) is 9.59 Å². The number of benzene rings is 1. The highest BCUT2D eigenvalue weighted by atomic mass is 127. The van der Waals surface area contributed by atoms with Gasteiger partial charge in [0.05, 0.1) is 0 Å². The number of nitrogens with one attached hydrogen (secondary N) is 1. The maximum Gasteiger partial charge on any atom is 0.245 e. The molecule has 1 heterocycles. The van der Waals surface area contributed by atoms with Crippen molar-refractivity contribution >= 4 is 34.4 Å². The molecular formula is C14H17IN2O2. The monoisotopic (exact) mass is 372 g/mol. The summed E-state index contributed by atoms with van der Waals surface area (Å²) < 4.78 is 1.16. The summed E-state index contributed by atoms with van der Waals surface area (Å²) in [7, 11) is 0. The minimum Gasteiger partial charge on any atom is -0.343 e. The van der Waals surface area contributed by atoms with Gasteiger partial charge >= 0.3 is 0 Å². The van der Waals surface area contributed by atoms with Crippen molar-refractivity contribution in [3.8, 4) is 0 Å². The molecule has 1 saturated heterocycles. The Bertz CT molecular complexity index is 487. The number of carbonyl (C=O) groups is 2. The van der Waals surface area contributed by atoms with Gasteiger partial charge in [-0.15, -0.1) is 0 Å². The van der Waals surface area contributed by atoms with Crippen molar-refractivity contribution in [2.45, 2.75) is 38.9 Å². The zero-order chi connectivity index (χ0) is 14.0. The standard InChI is InChI=1S/C14H17IN2O2/c1-3-12-13(18)16-9(2)14(19)17(12)8-10-4-6-11(15)7-5-10/h4-7,9,12H,3,8H2,1-2H3,(H,16,18). The zero-order valence-electron chi connectivity index (χ0n) is 11.0. The van der Waals surface area contributed by atoms with Crippen LogP contribution in [0.1, 0.15) is 25.8 Å². The Morgan fingerprint density at radius 1 is 1.26 bits per heavy atom. The first kappa shape index (κ1) is 14.3. The molecule has 1 aliphatic rings. The van der Waals surface area contributed by atoms with E-state index < -0.39 is 6.04 Å². The predicted octanol–water partition coefficient (Wildman–Crippen LogP) is 1.92. The summed E-state index contributed by atoms with van der Waals surface area (Å²) in [6, 6.07) is 7.23. The minimum absolute atomic E-state index is 0.00926. The maximum absolute atomic E-state index is 12.2. The molecule has 0 aliphatic carbocycles. The van der Waals surface area contributed by atoms with Crippen LogP contribution in [-0.4, -0.2) is 28.8 Å². The van der Waals surface area contributed by atoms with E-state index in [1.165, 1.54) is 0 Å². The van der Waals surface area contributed by atoms with Crippen LogP contribution in [0.25, 0.3) is 0 Å².